The Hall–Kier alpha value is -1.10. The van der Waals surface area contributed by atoms with Crippen molar-refractivity contribution in [2.75, 3.05) is 7.11 Å². The third kappa shape index (κ3) is 2.28. The van der Waals surface area contributed by atoms with Crippen LogP contribution in [0.15, 0.2) is 0 Å². The van der Waals surface area contributed by atoms with Crippen LogP contribution < -0.4 is 0 Å². The number of esters is 2. The summed E-state index contributed by atoms with van der Waals surface area (Å²) < 4.78 is 9.40. The minimum atomic E-state index is -1.81. The molecule has 0 aromatic rings. The molecule has 1 aliphatic heterocycles. The minimum Gasteiger partial charge on any atom is -0.467 e. The van der Waals surface area contributed by atoms with Crippen molar-refractivity contribution in [1.29, 1.82) is 0 Å². The van der Waals surface area contributed by atoms with Gasteiger partial charge in [0.2, 0.25) is 5.60 Å². The zero-order valence-corrected chi connectivity index (χ0v) is 9.15. The van der Waals surface area contributed by atoms with Crippen molar-refractivity contribution in [1.82, 2.24) is 0 Å². The first-order valence-electron chi connectivity index (χ1n) is 4.90. The Labute approximate surface area is 88.4 Å². The fraction of sp³-hybridized carbons (Fsp3) is 0.800. The average molecular weight is 216 g/mol. The van der Waals surface area contributed by atoms with Crippen LogP contribution in [0.4, 0.5) is 0 Å². The highest BCUT2D eigenvalue weighted by Crippen LogP contribution is 2.32. The maximum atomic E-state index is 11.4. The van der Waals surface area contributed by atoms with Crippen molar-refractivity contribution in [3.63, 3.8) is 0 Å². The molecule has 0 aromatic heterocycles. The summed E-state index contributed by atoms with van der Waals surface area (Å²) >= 11 is 0. The Morgan fingerprint density at radius 1 is 1.73 bits per heavy atom. The maximum absolute atomic E-state index is 11.4. The van der Waals surface area contributed by atoms with E-state index in [9.17, 15) is 14.7 Å². The second-order valence-electron chi connectivity index (χ2n) is 4.20. The lowest BCUT2D eigenvalue weighted by molar-refractivity contribution is -0.169. The van der Waals surface area contributed by atoms with Crippen LogP contribution in [0.1, 0.15) is 26.7 Å². The topological polar surface area (TPSA) is 72.8 Å². The molecule has 0 aromatic carbocycles. The lowest BCUT2D eigenvalue weighted by atomic mass is 9.90. The van der Waals surface area contributed by atoms with E-state index in [1.54, 1.807) is 0 Å². The molecular weight excluding hydrogens is 200 g/mol. The quantitative estimate of drug-likeness (QED) is 0.685. The number of rotatable bonds is 3. The van der Waals surface area contributed by atoms with E-state index < -0.39 is 23.6 Å². The number of carbonyl (C=O) groups excluding carboxylic acids is 2. The molecule has 1 fully saturated rings. The van der Waals surface area contributed by atoms with Crippen LogP contribution in [0.5, 0.6) is 0 Å². The Morgan fingerprint density at radius 2 is 2.33 bits per heavy atom. The van der Waals surface area contributed by atoms with Crippen molar-refractivity contribution in [2.45, 2.75) is 38.4 Å². The predicted molar refractivity (Wildman–Crippen MR) is 50.9 cm³/mol. The molecule has 1 heterocycles. The summed E-state index contributed by atoms with van der Waals surface area (Å²) in [4.78, 5) is 22.4. The highest BCUT2D eigenvalue weighted by Gasteiger charge is 2.54. The van der Waals surface area contributed by atoms with E-state index in [4.69, 9.17) is 4.74 Å². The van der Waals surface area contributed by atoms with Crippen LogP contribution in [0.2, 0.25) is 0 Å². The molecule has 0 radical (unpaired) electrons. The van der Waals surface area contributed by atoms with Crippen LogP contribution in [0.25, 0.3) is 0 Å². The summed E-state index contributed by atoms with van der Waals surface area (Å²) in [6, 6.07) is 0. The lowest BCUT2D eigenvalue weighted by Gasteiger charge is -2.25. The lowest BCUT2D eigenvalue weighted by Crippen LogP contribution is -2.47. The van der Waals surface area contributed by atoms with Gasteiger partial charge in [0.25, 0.3) is 0 Å². The van der Waals surface area contributed by atoms with E-state index in [0.29, 0.717) is 6.42 Å². The average Bonchev–Trinajstić information content (AvgIpc) is 2.40. The Morgan fingerprint density at radius 3 is 2.80 bits per heavy atom. The van der Waals surface area contributed by atoms with Crippen LogP contribution in [-0.4, -0.2) is 35.9 Å². The number of aliphatic hydroxyl groups is 1. The van der Waals surface area contributed by atoms with E-state index >= 15 is 0 Å². The number of hydrogen-bond donors (Lipinski definition) is 1. The van der Waals surface area contributed by atoms with Crippen molar-refractivity contribution >= 4 is 11.9 Å². The van der Waals surface area contributed by atoms with Crippen LogP contribution in [0.3, 0.4) is 0 Å². The molecule has 1 rings (SSSR count). The van der Waals surface area contributed by atoms with Gasteiger partial charge in [-0.3, -0.25) is 4.79 Å². The monoisotopic (exact) mass is 216 g/mol. The van der Waals surface area contributed by atoms with E-state index in [1.165, 1.54) is 7.11 Å². The summed E-state index contributed by atoms with van der Waals surface area (Å²) in [6.07, 6.45) is -0.675. The highest BCUT2D eigenvalue weighted by molar-refractivity contribution is 5.89. The number of methoxy groups -OCH3 is 1. The van der Waals surface area contributed by atoms with Crippen molar-refractivity contribution in [3.05, 3.63) is 0 Å². The molecule has 5 heteroatoms. The van der Waals surface area contributed by atoms with Gasteiger partial charge in [-0.15, -0.1) is 0 Å². The second kappa shape index (κ2) is 4.18. The minimum absolute atomic E-state index is 0.220. The van der Waals surface area contributed by atoms with Gasteiger partial charge < -0.3 is 14.6 Å². The molecule has 15 heavy (non-hydrogen) atoms. The first-order chi connectivity index (χ1) is 6.90. The summed E-state index contributed by atoms with van der Waals surface area (Å²) in [5.41, 5.74) is -1.81. The smallest absolute Gasteiger partial charge is 0.342 e. The summed E-state index contributed by atoms with van der Waals surface area (Å²) in [5.74, 6) is -1.15. The number of cyclic esters (lactones) is 1. The standard InChI is InChI=1S/C10H16O5/c1-6(2)4-7-10(13,9(12)14-3)5-8(11)15-7/h6-7,13H,4-5H2,1-3H3/t7-,10+/m0/s1. The normalized spacial score (nSPS) is 30.5. The fourth-order valence-corrected chi connectivity index (χ4v) is 1.68. The molecule has 86 valence electrons. The number of ether oxygens (including phenoxy) is 2. The SMILES string of the molecule is COC(=O)[C@@]1(O)CC(=O)O[C@H]1CC(C)C. The van der Waals surface area contributed by atoms with Gasteiger partial charge >= 0.3 is 11.9 Å². The Kier molecular flexibility index (Phi) is 3.34. The van der Waals surface area contributed by atoms with Gasteiger partial charge in [0.05, 0.1) is 13.5 Å². The van der Waals surface area contributed by atoms with Crippen LogP contribution >= 0.6 is 0 Å². The van der Waals surface area contributed by atoms with Gasteiger partial charge in [0.15, 0.2) is 0 Å². The molecule has 0 aliphatic carbocycles. The zero-order chi connectivity index (χ0) is 11.6. The van der Waals surface area contributed by atoms with E-state index in [0.717, 1.165) is 0 Å². The second-order valence-corrected chi connectivity index (χ2v) is 4.20. The third-order valence-electron chi connectivity index (χ3n) is 2.44. The van der Waals surface area contributed by atoms with Crippen LogP contribution in [-0.2, 0) is 19.1 Å². The molecule has 0 spiro atoms. The molecule has 0 saturated carbocycles. The fourth-order valence-electron chi connectivity index (χ4n) is 1.68. The summed E-state index contributed by atoms with van der Waals surface area (Å²) in [7, 11) is 1.18. The first-order valence-corrected chi connectivity index (χ1v) is 4.90. The number of carbonyl (C=O) groups is 2. The highest BCUT2D eigenvalue weighted by atomic mass is 16.6. The predicted octanol–water partition coefficient (Wildman–Crippen LogP) is 0.252. The number of hydrogen-bond acceptors (Lipinski definition) is 5. The van der Waals surface area contributed by atoms with E-state index in [1.807, 2.05) is 13.8 Å². The van der Waals surface area contributed by atoms with Gasteiger partial charge in [-0.25, -0.2) is 4.79 Å². The van der Waals surface area contributed by atoms with Crippen LogP contribution in [0, 0.1) is 5.92 Å². The van der Waals surface area contributed by atoms with Gasteiger partial charge in [0.1, 0.15) is 6.10 Å². The van der Waals surface area contributed by atoms with Gasteiger partial charge in [-0.05, 0) is 12.3 Å². The molecule has 1 aliphatic rings. The molecular formula is C10H16O5. The molecule has 5 nitrogen and oxygen atoms in total. The maximum Gasteiger partial charge on any atom is 0.342 e. The summed E-state index contributed by atoms with van der Waals surface area (Å²) in [5, 5.41) is 10.0. The Balaban J connectivity index is 2.84. The summed E-state index contributed by atoms with van der Waals surface area (Å²) in [6.45, 7) is 3.84. The molecule has 2 atom stereocenters. The molecule has 1 saturated heterocycles. The van der Waals surface area contributed by atoms with Crippen molar-refractivity contribution in [2.24, 2.45) is 5.92 Å². The first kappa shape index (κ1) is 12.0. The van der Waals surface area contributed by atoms with E-state index in [2.05, 4.69) is 4.74 Å². The van der Waals surface area contributed by atoms with Gasteiger partial charge in [0, 0.05) is 0 Å². The van der Waals surface area contributed by atoms with E-state index in [-0.39, 0.29) is 12.3 Å². The Bertz CT molecular complexity index is 273. The molecule has 0 bridgehead atoms. The van der Waals surface area contributed by atoms with Crippen molar-refractivity contribution < 1.29 is 24.2 Å². The van der Waals surface area contributed by atoms with Gasteiger partial charge in [-0.2, -0.15) is 0 Å². The third-order valence-corrected chi connectivity index (χ3v) is 2.44. The largest absolute Gasteiger partial charge is 0.467 e. The van der Waals surface area contributed by atoms with Crippen molar-refractivity contribution in [3.8, 4) is 0 Å². The molecule has 0 amide bonds. The zero-order valence-electron chi connectivity index (χ0n) is 9.15. The van der Waals surface area contributed by atoms with Gasteiger partial charge in [-0.1, -0.05) is 13.8 Å². The molecule has 1 N–H and O–H groups in total. The molecule has 0 unspecified atom stereocenters.